The first kappa shape index (κ1) is 19.7. The Morgan fingerprint density at radius 3 is 2.04 bits per heavy atom. The molecule has 1 heterocycles. The molecule has 27 heavy (non-hydrogen) atoms. The van der Waals surface area contributed by atoms with Crippen molar-refractivity contribution in [1.29, 1.82) is 0 Å². The quantitative estimate of drug-likeness (QED) is 0.297. The van der Waals surface area contributed by atoms with Crippen LogP contribution in [0, 0.1) is 5.92 Å². The Morgan fingerprint density at radius 1 is 0.889 bits per heavy atom. The molecular formula is C25H34N2. The normalized spacial score (nSPS) is 15.7. The van der Waals surface area contributed by atoms with Gasteiger partial charge in [-0.25, -0.2) is 0 Å². The molecule has 1 aliphatic rings. The van der Waals surface area contributed by atoms with E-state index in [-0.39, 0.29) is 0 Å². The van der Waals surface area contributed by atoms with E-state index >= 15 is 0 Å². The van der Waals surface area contributed by atoms with Crippen LogP contribution in [0.5, 0.6) is 0 Å². The van der Waals surface area contributed by atoms with Crippen LogP contribution in [0.3, 0.4) is 0 Å². The molecule has 0 aliphatic carbocycles. The Hall–Kier alpha value is -2.09. The summed E-state index contributed by atoms with van der Waals surface area (Å²) in [5.74, 6) is 1.20. The lowest BCUT2D eigenvalue weighted by atomic mass is 9.76. The molecule has 0 bridgehead atoms. The minimum atomic E-state index is 0.500. The van der Waals surface area contributed by atoms with E-state index in [2.05, 4.69) is 83.8 Å². The van der Waals surface area contributed by atoms with E-state index in [4.69, 9.17) is 0 Å². The highest BCUT2D eigenvalue weighted by Crippen LogP contribution is 2.37. The number of rotatable bonds is 9. The summed E-state index contributed by atoms with van der Waals surface area (Å²) in [7, 11) is 0. The van der Waals surface area contributed by atoms with Gasteiger partial charge in [0.15, 0.2) is 0 Å². The number of aliphatic imine (C=N–C) groups is 1. The molecule has 1 saturated heterocycles. The first-order valence-corrected chi connectivity index (χ1v) is 10.7. The van der Waals surface area contributed by atoms with Gasteiger partial charge in [0.2, 0.25) is 0 Å². The fraction of sp³-hybridized carbons (Fsp3) is 0.480. The van der Waals surface area contributed by atoms with Gasteiger partial charge in [-0.05, 0) is 36.3 Å². The minimum absolute atomic E-state index is 0.500. The Bertz CT molecular complexity index is 618. The van der Waals surface area contributed by atoms with Crippen LogP contribution in [0.4, 0.5) is 0 Å². The van der Waals surface area contributed by atoms with Crippen LogP contribution in [0.1, 0.15) is 62.5 Å². The van der Waals surface area contributed by atoms with Crippen molar-refractivity contribution in [2.75, 3.05) is 19.6 Å². The second kappa shape index (κ2) is 10.9. The van der Waals surface area contributed by atoms with Crippen LogP contribution in [-0.4, -0.2) is 30.9 Å². The molecule has 3 rings (SSSR count). The molecule has 1 aliphatic heterocycles. The fourth-order valence-electron chi connectivity index (χ4n) is 4.23. The maximum Gasteiger partial charge on any atom is 0.0849 e. The summed E-state index contributed by atoms with van der Waals surface area (Å²) in [5, 5.41) is 0. The lowest BCUT2D eigenvalue weighted by molar-refractivity contribution is 0.254. The molecule has 0 unspecified atom stereocenters. The van der Waals surface area contributed by atoms with Crippen LogP contribution >= 0.6 is 0 Å². The number of hydrogen-bond acceptors (Lipinski definition) is 1. The monoisotopic (exact) mass is 362 g/mol. The van der Waals surface area contributed by atoms with Crippen LogP contribution in [0.25, 0.3) is 0 Å². The van der Waals surface area contributed by atoms with Crippen molar-refractivity contribution >= 4 is 6.34 Å². The van der Waals surface area contributed by atoms with Gasteiger partial charge < -0.3 is 4.90 Å². The average molecular weight is 363 g/mol. The molecular weight excluding hydrogens is 328 g/mol. The highest BCUT2D eigenvalue weighted by Gasteiger charge is 2.28. The number of piperidine rings is 1. The van der Waals surface area contributed by atoms with Crippen molar-refractivity contribution in [2.45, 2.75) is 51.4 Å². The molecule has 0 atom stereocenters. The Kier molecular flexibility index (Phi) is 7.95. The van der Waals surface area contributed by atoms with E-state index in [1.54, 1.807) is 0 Å². The van der Waals surface area contributed by atoms with Gasteiger partial charge >= 0.3 is 0 Å². The summed E-state index contributed by atoms with van der Waals surface area (Å²) >= 11 is 0. The number of nitrogens with zero attached hydrogens (tertiary/aromatic N) is 2. The van der Waals surface area contributed by atoms with Crippen LogP contribution in [0.15, 0.2) is 65.7 Å². The van der Waals surface area contributed by atoms with Crippen molar-refractivity contribution in [3.05, 3.63) is 71.8 Å². The molecule has 2 nitrogen and oxygen atoms in total. The van der Waals surface area contributed by atoms with Gasteiger partial charge in [-0.1, -0.05) is 86.8 Å². The highest BCUT2D eigenvalue weighted by atomic mass is 15.1. The van der Waals surface area contributed by atoms with Crippen LogP contribution in [-0.2, 0) is 0 Å². The van der Waals surface area contributed by atoms with Crippen molar-refractivity contribution < 1.29 is 0 Å². The third-order valence-corrected chi connectivity index (χ3v) is 5.75. The van der Waals surface area contributed by atoms with E-state index in [1.165, 1.54) is 49.7 Å². The van der Waals surface area contributed by atoms with Crippen molar-refractivity contribution in [1.82, 2.24) is 4.90 Å². The van der Waals surface area contributed by atoms with E-state index in [1.807, 2.05) is 0 Å². The lowest BCUT2D eigenvalue weighted by Gasteiger charge is -2.36. The largest absolute Gasteiger partial charge is 0.363 e. The van der Waals surface area contributed by atoms with Crippen molar-refractivity contribution in [3.63, 3.8) is 0 Å². The summed E-state index contributed by atoms with van der Waals surface area (Å²) in [6.07, 6.45) is 9.74. The molecule has 2 aromatic carbocycles. The summed E-state index contributed by atoms with van der Waals surface area (Å²) in [6, 6.07) is 22.1. The SMILES string of the molecule is CCCCCC/N=C/N1CCC(C(c2ccccc2)c2ccccc2)CC1. The van der Waals surface area contributed by atoms with Gasteiger partial charge in [-0.3, -0.25) is 4.99 Å². The first-order valence-electron chi connectivity index (χ1n) is 10.7. The van der Waals surface area contributed by atoms with Crippen molar-refractivity contribution in [2.24, 2.45) is 10.9 Å². The van der Waals surface area contributed by atoms with Gasteiger partial charge in [-0.15, -0.1) is 0 Å². The first-order chi connectivity index (χ1) is 13.4. The maximum absolute atomic E-state index is 4.65. The second-order valence-corrected chi connectivity index (χ2v) is 7.75. The molecule has 0 saturated carbocycles. The molecule has 1 fully saturated rings. The molecule has 0 radical (unpaired) electrons. The van der Waals surface area contributed by atoms with Gasteiger partial charge in [0, 0.05) is 25.6 Å². The Balaban J connectivity index is 1.58. The van der Waals surface area contributed by atoms with E-state index < -0.39 is 0 Å². The molecule has 2 heteroatoms. The van der Waals surface area contributed by atoms with Crippen LogP contribution < -0.4 is 0 Å². The number of unbranched alkanes of at least 4 members (excludes halogenated alkanes) is 3. The molecule has 2 aromatic rings. The number of hydrogen-bond donors (Lipinski definition) is 0. The highest BCUT2D eigenvalue weighted by molar-refractivity contribution is 5.55. The van der Waals surface area contributed by atoms with Gasteiger partial charge in [0.1, 0.15) is 0 Å². The van der Waals surface area contributed by atoms with Gasteiger partial charge in [0.25, 0.3) is 0 Å². The topological polar surface area (TPSA) is 15.6 Å². The zero-order valence-electron chi connectivity index (χ0n) is 16.8. The van der Waals surface area contributed by atoms with Crippen LogP contribution in [0.2, 0.25) is 0 Å². The molecule has 0 spiro atoms. The third kappa shape index (κ3) is 5.95. The van der Waals surface area contributed by atoms with Gasteiger partial charge in [-0.2, -0.15) is 0 Å². The lowest BCUT2D eigenvalue weighted by Crippen LogP contribution is -2.35. The summed E-state index contributed by atoms with van der Waals surface area (Å²) in [4.78, 5) is 7.07. The smallest absolute Gasteiger partial charge is 0.0849 e. The Labute approximate surface area is 165 Å². The number of likely N-dealkylation sites (tertiary alicyclic amines) is 1. The zero-order valence-corrected chi connectivity index (χ0v) is 16.8. The van der Waals surface area contributed by atoms with E-state index in [9.17, 15) is 0 Å². The molecule has 0 N–H and O–H groups in total. The van der Waals surface area contributed by atoms with Gasteiger partial charge in [0.05, 0.1) is 6.34 Å². The van der Waals surface area contributed by atoms with E-state index in [0.717, 1.165) is 19.6 Å². The third-order valence-electron chi connectivity index (χ3n) is 5.75. The van der Waals surface area contributed by atoms with E-state index in [0.29, 0.717) is 11.8 Å². The average Bonchev–Trinajstić information content (AvgIpc) is 2.73. The summed E-state index contributed by atoms with van der Waals surface area (Å²) in [6.45, 7) is 5.49. The standard InChI is InChI=1S/C25H34N2/c1-2-3-4-11-18-26-21-27-19-16-24(17-20-27)25(22-12-7-5-8-13-22)23-14-9-6-10-15-23/h5-10,12-15,21,24-25H,2-4,11,16-20H2,1H3/b26-21+. The molecule has 0 aromatic heterocycles. The fourth-order valence-corrected chi connectivity index (χ4v) is 4.23. The number of benzene rings is 2. The zero-order chi connectivity index (χ0) is 18.7. The van der Waals surface area contributed by atoms with Crippen molar-refractivity contribution in [3.8, 4) is 0 Å². The minimum Gasteiger partial charge on any atom is -0.363 e. The summed E-state index contributed by atoms with van der Waals surface area (Å²) < 4.78 is 0. The predicted molar refractivity (Wildman–Crippen MR) is 117 cm³/mol. The molecule has 0 amide bonds. The second-order valence-electron chi connectivity index (χ2n) is 7.75. The summed E-state index contributed by atoms with van der Waals surface area (Å²) in [5.41, 5.74) is 2.90. The Morgan fingerprint density at radius 2 is 1.48 bits per heavy atom. The predicted octanol–water partition coefficient (Wildman–Crippen LogP) is 6.14. The maximum atomic E-state index is 4.65. The molecule has 144 valence electrons.